The van der Waals surface area contributed by atoms with Crippen LogP contribution in [0.2, 0.25) is 0 Å². The van der Waals surface area contributed by atoms with E-state index in [4.69, 9.17) is 0 Å². The molecule has 0 amide bonds. The molecule has 4 nitrogen and oxygen atoms in total. The van der Waals surface area contributed by atoms with Gasteiger partial charge in [-0.3, -0.25) is 4.79 Å². The van der Waals surface area contributed by atoms with Crippen LogP contribution in [0.1, 0.15) is 54.9 Å². The summed E-state index contributed by atoms with van der Waals surface area (Å²) in [5, 5.41) is 13.1. The summed E-state index contributed by atoms with van der Waals surface area (Å²) in [5.41, 5.74) is 0.875. The average molecular weight is 301 g/mol. The van der Waals surface area contributed by atoms with E-state index < -0.39 is 12.0 Å². The number of esters is 1. The lowest BCUT2D eigenvalue weighted by molar-refractivity contribution is -0.150. The Balaban J connectivity index is 0. The number of carbonyl (C=O) groups is 1. The van der Waals surface area contributed by atoms with Crippen LogP contribution < -0.4 is 5.32 Å². The first kappa shape index (κ1) is 22.4. The van der Waals surface area contributed by atoms with Gasteiger partial charge in [0.15, 0.2) is 0 Å². The van der Waals surface area contributed by atoms with Crippen molar-refractivity contribution in [3.8, 4) is 0 Å². The summed E-state index contributed by atoms with van der Waals surface area (Å²) in [6.45, 7) is 17.9. The van der Waals surface area contributed by atoms with E-state index in [-0.39, 0.29) is 11.9 Å². The van der Waals surface area contributed by atoms with Crippen molar-refractivity contribution in [2.24, 2.45) is 11.8 Å². The SMILES string of the molecule is C=C(C)C[C@@H](C(=O)OC)[C@H](O)C(C)C.CC(C)NC(C)C. The summed E-state index contributed by atoms with van der Waals surface area (Å²) in [7, 11) is 1.33. The van der Waals surface area contributed by atoms with E-state index in [0.29, 0.717) is 18.5 Å². The van der Waals surface area contributed by atoms with E-state index >= 15 is 0 Å². The highest BCUT2D eigenvalue weighted by Gasteiger charge is 2.29. The molecule has 4 heteroatoms. The second-order valence-corrected chi connectivity index (χ2v) is 6.50. The zero-order chi connectivity index (χ0) is 17.2. The number of methoxy groups -OCH3 is 1. The molecule has 2 atom stereocenters. The van der Waals surface area contributed by atoms with Crippen LogP contribution in [0.4, 0.5) is 0 Å². The summed E-state index contributed by atoms with van der Waals surface area (Å²) in [6.07, 6.45) is -0.189. The lowest BCUT2D eigenvalue weighted by Gasteiger charge is -2.23. The fourth-order valence-corrected chi connectivity index (χ4v) is 2.00. The van der Waals surface area contributed by atoms with Gasteiger partial charge in [-0.05, 0) is 19.3 Å². The van der Waals surface area contributed by atoms with Crippen molar-refractivity contribution in [1.82, 2.24) is 5.32 Å². The molecule has 0 aliphatic rings. The van der Waals surface area contributed by atoms with Crippen LogP contribution in [0.3, 0.4) is 0 Å². The minimum absolute atomic E-state index is 0.0402. The number of ether oxygens (including phenoxy) is 1. The summed E-state index contributed by atoms with van der Waals surface area (Å²) >= 11 is 0. The summed E-state index contributed by atoms with van der Waals surface area (Å²) in [5.74, 6) is -0.815. The van der Waals surface area contributed by atoms with Gasteiger partial charge in [-0.25, -0.2) is 0 Å². The molecule has 0 heterocycles. The molecule has 0 saturated heterocycles. The second kappa shape index (κ2) is 11.8. The summed E-state index contributed by atoms with van der Waals surface area (Å²) in [4.78, 5) is 11.4. The Bertz CT molecular complexity index is 292. The molecule has 0 aliphatic carbocycles. The molecule has 0 saturated carbocycles. The monoisotopic (exact) mass is 301 g/mol. The third kappa shape index (κ3) is 12.6. The number of rotatable bonds is 7. The number of aliphatic hydroxyl groups is 1. The molecule has 0 radical (unpaired) electrons. The summed E-state index contributed by atoms with van der Waals surface area (Å²) in [6, 6.07) is 1.25. The molecular formula is C17H35NO3. The molecule has 126 valence electrons. The van der Waals surface area contributed by atoms with Crippen LogP contribution >= 0.6 is 0 Å². The van der Waals surface area contributed by atoms with Gasteiger partial charge < -0.3 is 15.2 Å². The predicted molar refractivity (Wildman–Crippen MR) is 89.2 cm³/mol. The van der Waals surface area contributed by atoms with E-state index in [1.165, 1.54) is 7.11 Å². The highest BCUT2D eigenvalue weighted by Crippen LogP contribution is 2.21. The van der Waals surface area contributed by atoms with Crippen molar-refractivity contribution in [2.45, 2.75) is 73.1 Å². The first-order valence-electron chi connectivity index (χ1n) is 7.69. The Morgan fingerprint density at radius 1 is 1.14 bits per heavy atom. The fraction of sp³-hybridized carbons (Fsp3) is 0.824. The lowest BCUT2D eigenvalue weighted by Crippen LogP contribution is -2.33. The van der Waals surface area contributed by atoms with Gasteiger partial charge in [-0.15, -0.1) is 6.58 Å². The van der Waals surface area contributed by atoms with Gasteiger partial charge in [0.05, 0.1) is 19.1 Å². The minimum atomic E-state index is -0.667. The number of hydrogen-bond acceptors (Lipinski definition) is 4. The molecule has 2 N–H and O–H groups in total. The van der Waals surface area contributed by atoms with Crippen molar-refractivity contribution < 1.29 is 14.6 Å². The average Bonchev–Trinajstić information content (AvgIpc) is 2.32. The molecule has 0 rings (SSSR count). The molecule has 0 aromatic carbocycles. The van der Waals surface area contributed by atoms with Crippen molar-refractivity contribution in [2.75, 3.05) is 7.11 Å². The Morgan fingerprint density at radius 2 is 1.57 bits per heavy atom. The summed E-state index contributed by atoms with van der Waals surface area (Å²) < 4.78 is 4.64. The highest BCUT2D eigenvalue weighted by molar-refractivity contribution is 5.73. The zero-order valence-corrected chi connectivity index (χ0v) is 15.1. The Labute approximate surface area is 131 Å². The topological polar surface area (TPSA) is 58.6 Å². The first-order chi connectivity index (χ1) is 9.52. The molecule has 0 unspecified atom stereocenters. The van der Waals surface area contributed by atoms with E-state index in [1.807, 2.05) is 20.8 Å². The Morgan fingerprint density at radius 3 is 1.76 bits per heavy atom. The maximum Gasteiger partial charge on any atom is 0.311 e. The van der Waals surface area contributed by atoms with E-state index in [2.05, 4.69) is 44.3 Å². The quantitative estimate of drug-likeness (QED) is 0.560. The third-order valence-corrected chi connectivity index (χ3v) is 2.83. The van der Waals surface area contributed by atoms with Crippen LogP contribution in [0, 0.1) is 11.8 Å². The molecule has 0 aromatic heterocycles. The van der Waals surface area contributed by atoms with Gasteiger partial charge in [0.25, 0.3) is 0 Å². The Kier molecular flexibility index (Phi) is 12.5. The van der Waals surface area contributed by atoms with Crippen LogP contribution in [0.5, 0.6) is 0 Å². The number of allylic oxidation sites excluding steroid dienone is 1. The zero-order valence-electron chi connectivity index (χ0n) is 15.1. The standard InChI is InChI=1S/C11H20O3.C6H15N/c1-7(2)6-9(11(13)14-5)10(12)8(3)4;1-5(2)7-6(3)4/h8-10,12H,1,6H2,2-5H3;5-7H,1-4H3/t9-,10-;/m1./s1. The van der Waals surface area contributed by atoms with Crippen molar-refractivity contribution in [3.63, 3.8) is 0 Å². The maximum atomic E-state index is 11.4. The van der Waals surface area contributed by atoms with Gasteiger partial charge in [-0.1, -0.05) is 47.1 Å². The van der Waals surface area contributed by atoms with E-state index in [1.54, 1.807) is 0 Å². The highest BCUT2D eigenvalue weighted by atomic mass is 16.5. The van der Waals surface area contributed by atoms with Crippen LogP contribution in [0.15, 0.2) is 12.2 Å². The molecule has 21 heavy (non-hydrogen) atoms. The normalized spacial score (nSPS) is 13.7. The van der Waals surface area contributed by atoms with Gasteiger partial charge in [0.1, 0.15) is 0 Å². The van der Waals surface area contributed by atoms with Crippen LogP contribution in [-0.4, -0.2) is 36.4 Å². The maximum absolute atomic E-state index is 11.4. The molecule has 0 spiro atoms. The van der Waals surface area contributed by atoms with Gasteiger partial charge in [0.2, 0.25) is 0 Å². The largest absolute Gasteiger partial charge is 0.469 e. The molecule has 0 fully saturated rings. The smallest absolute Gasteiger partial charge is 0.311 e. The molecule has 0 aliphatic heterocycles. The first-order valence-corrected chi connectivity index (χ1v) is 7.69. The second-order valence-electron chi connectivity index (χ2n) is 6.50. The van der Waals surface area contributed by atoms with Crippen molar-refractivity contribution in [3.05, 3.63) is 12.2 Å². The van der Waals surface area contributed by atoms with Gasteiger partial charge in [0, 0.05) is 12.1 Å². The number of hydrogen-bond donors (Lipinski definition) is 2. The molecular weight excluding hydrogens is 266 g/mol. The van der Waals surface area contributed by atoms with Crippen LogP contribution in [0.25, 0.3) is 0 Å². The van der Waals surface area contributed by atoms with E-state index in [0.717, 1.165) is 5.57 Å². The number of aliphatic hydroxyl groups excluding tert-OH is 1. The molecule has 0 bridgehead atoms. The van der Waals surface area contributed by atoms with Gasteiger partial charge in [-0.2, -0.15) is 0 Å². The lowest BCUT2D eigenvalue weighted by atomic mass is 9.88. The van der Waals surface area contributed by atoms with Crippen molar-refractivity contribution >= 4 is 5.97 Å². The predicted octanol–water partition coefficient (Wildman–Crippen LogP) is 3.15. The molecule has 0 aromatic rings. The number of carbonyl (C=O) groups excluding carboxylic acids is 1. The van der Waals surface area contributed by atoms with Crippen LogP contribution in [-0.2, 0) is 9.53 Å². The minimum Gasteiger partial charge on any atom is -0.469 e. The fourth-order valence-electron chi connectivity index (χ4n) is 2.00. The third-order valence-electron chi connectivity index (χ3n) is 2.83. The van der Waals surface area contributed by atoms with Gasteiger partial charge >= 0.3 is 5.97 Å². The number of nitrogens with one attached hydrogen (secondary N) is 1. The Hall–Kier alpha value is -0.870. The van der Waals surface area contributed by atoms with Crippen molar-refractivity contribution in [1.29, 1.82) is 0 Å². The van der Waals surface area contributed by atoms with E-state index in [9.17, 15) is 9.90 Å².